The molecule has 0 amide bonds. The normalized spacial score (nSPS) is 8.06. The topological polar surface area (TPSA) is 52.6 Å². The van der Waals surface area contributed by atoms with Gasteiger partial charge in [-0.25, -0.2) is 9.59 Å². The van der Waals surface area contributed by atoms with Crippen molar-refractivity contribution in [3.05, 3.63) is 120 Å². The summed E-state index contributed by atoms with van der Waals surface area (Å²) in [4.78, 5) is 23.5. The summed E-state index contributed by atoms with van der Waals surface area (Å²) in [6.45, 7) is 20.9. The Morgan fingerprint density at radius 1 is 0.647 bits per heavy atom. The van der Waals surface area contributed by atoms with Crippen LogP contribution in [0.1, 0.15) is 48.4 Å². The van der Waals surface area contributed by atoms with Crippen LogP contribution in [-0.2, 0) is 9.47 Å². The highest BCUT2D eigenvalue weighted by atomic mass is 35.5. The van der Waals surface area contributed by atoms with Crippen LogP contribution in [0.2, 0.25) is 10.0 Å². The van der Waals surface area contributed by atoms with Gasteiger partial charge in [-0.1, -0.05) is 71.8 Å². The lowest BCUT2D eigenvalue weighted by Gasteiger charge is -2.08. The number of carbonyl (C=O) groups is 2. The molecule has 0 fully saturated rings. The number of carbonyl (C=O) groups excluding carboxylic acids is 2. The first-order valence-electron chi connectivity index (χ1n) is 10.4. The molecule has 0 aliphatic carbocycles. The first kappa shape index (κ1) is 35.5. The quantitative estimate of drug-likeness (QED) is 0.231. The predicted molar refractivity (Wildman–Crippen MR) is 147 cm³/mol. The lowest BCUT2D eigenvalue weighted by Crippen LogP contribution is -2.14. The molecular formula is C28H36Cl2O4. The van der Waals surface area contributed by atoms with Gasteiger partial charge in [-0.15, -0.1) is 26.3 Å². The summed E-state index contributed by atoms with van der Waals surface area (Å²) in [7, 11) is 0. The van der Waals surface area contributed by atoms with Crippen molar-refractivity contribution in [2.75, 3.05) is 13.2 Å². The van der Waals surface area contributed by atoms with Gasteiger partial charge in [0.2, 0.25) is 0 Å². The maximum atomic E-state index is 11.8. The largest absolute Gasteiger partial charge is 0.458 e. The molecule has 4 nitrogen and oxygen atoms in total. The molecule has 0 aliphatic rings. The molecule has 0 spiro atoms. The second-order valence-corrected chi connectivity index (χ2v) is 6.68. The van der Waals surface area contributed by atoms with Gasteiger partial charge >= 0.3 is 11.9 Å². The van der Waals surface area contributed by atoms with Crippen molar-refractivity contribution in [3.63, 3.8) is 0 Å². The third-order valence-electron chi connectivity index (χ3n) is 2.74. The first-order chi connectivity index (χ1) is 16.2. The smallest absolute Gasteiger partial charge is 0.339 e. The molecule has 6 heteroatoms. The average molecular weight is 507 g/mol. The van der Waals surface area contributed by atoms with E-state index in [2.05, 4.69) is 26.3 Å². The lowest BCUT2D eigenvalue weighted by atomic mass is 10.2. The molecule has 2 rings (SSSR count). The van der Waals surface area contributed by atoms with Crippen LogP contribution in [0.4, 0.5) is 0 Å². The summed E-state index contributed by atoms with van der Waals surface area (Å²) in [5.41, 5.74) is 0.531. The molecule has 0 saturated carbocycles. The van der Waals surface area contributed by atoms with Gasteiger partial charge in [0, 0.05) is 0 Å². The molecular weight excluding hydrogens is 471 g/mol. The Labute approximate surface area is 215 Å². The maximum Gasteiger partial charge on any atom is 0.339 e. The van der Waals surface area contributed by atoms with Gasteiger partial charge in [0.25, 0.3) is 0 Å². The van der Waals surface area contributed by atoms with Crippen LogP contribution < -0.4 is 0 Å². The zero-order chi connectivity index (χ0) is 26.8. The van der Waals surface area contributed by atoms with Gasteiger partial charge in [-0.2, -0.15) is 0 Å². The maximum absolute atomic E-state index is 11.8. The summed E-state index contributed by atoms with van der Waals surface area (Å²) in [5, 5.41) is 0.612. The van der Waals surface area contributed by atoms with E-state index in [0.29, 0.717) is 10.0 Å². The Morgan fingerprint density at radius 2 is 0.882 bits per heavy atom. The summed E-state index contributed by atoms with van der Waals surface area (Å²) < 4.78 is 9.98. The average Bonchev–Trinajstić information content (AvgIpc) is 2.79. The third-order valence-corrected chi connectivity index (χ3v) is 3.40. The van der Waals surface area contributed by atoms with E-state index < -0.39 is 11.9 Å². The molecule has 0 saturated heterocycles. The standard InChI is InChI=1S/C16H12Cl2O4.4C3H6/c17-13-7-3-1-5-11(13)15(19)21-9-10-22-16(20)12-6-2-4-8-14(12)18;4*1-3-2/h1-8H,9-10H2;4*3H,1H2,2H3. The van der Waals surface area contributed by atoms with Crippen LogP contribution in [0, 0.1) is 0 Å². The van der Waals surface area contributed by atoms with Crippen molar-refractivity contribution in [2.24, 2.45) is 0 Å². The molecule has 186 valence electrons. The molecule has 0 heterocycles. The second kappa shape index (κ2) is 26.2. The number of benzene rings is 2. The Morgan fingerprint density at radius 3 is 1.12 bits per heavy atom. The molecule has 0 atom stereocenters. The van der Waals surface area contributed by atoms with E-state index in [1.165, 1.54) is 0 Å². The predicted octanol–water partition coefficient (Wildman–Crippen LogP) is 8.78. The Balaban J connectivity index is -0.000000674. The highest BCUT2D eigenvalue weighted by Crippen LogP contribution is 2.17. The Kier molecular flexibility index (Phi) is 27.3. The van der Waals surface area contributed by atoms with Crippen molar-refractivity contribution < 1.29 is 19.1 Å². The van der Waals surface area contributed by atoms with E-state index in [9.17, 15) is 9.59 Å². The van der Waals surface area contributed by atoms with Crippen LogP contribution in [0.15, 0.2) is 99.2 Å². The van der Waals surface area contributed by atoms with Gasteiger partial charge in [0.05, 0.1) is 21.2 Å². The zero-order valence-corrected chi connectivity index (χ0v) is 22.1. The Hall–Kier alpha value is -3.08. The summed E-state index contributed by atoms with van der Waals surface area (Å²) in [6.07, 6.45) is 7.00. The number of ether oxygens (including phenoxy) is 2. The van der Waals surface area contributed by atoms with Crippen molar-refractivity contribution in [3.8, 4) is 0 Å². The van der Waals surface area contributed by atoms with E-state index in [1.54, 1.807) is 72.8 Å². The number of hydrogen-bond acceptors (Lipinski definition) is 4. The molecule has 2 aromatic rings. The van der Waals surface area contributed by atoms with Gasteiger partial charge in [0.1, 0.15) is 13.2 Å². The first-order valence-corrected chi connectivity index (χ1v) is 11.1. The van der Waals surface area contributed by atoms with E-state index >= 15 is 0 Å². The fourth-order valence-corrected chi connectivity index (χ4v) is 2.10. The summed E-state index contributed by atoms with van der Waals surface area (Å²) in [5.74, 6) is -1.14. The van der Waals surface area contributed by atoms with Gasteiger partial charge < -0.3 is 9.47 Å². The van der Waals surface area contributed by atoms with Crippen LogP contribution in [0.25, 0.3) is 0 Å². The molecule has 2 aromatic carbocycles. The highest BCUT2D eigenvalue weighted by Gasteiger charge is 2.13. The number of rotatable bonds is 5. The van der Waals surface area contributed by atoms with E-state index in [-0.39, 0.29) is 24.3 Å². The molecule has 0 unspecified atom stereocenters. The van der Waals surface area contributed by atoms with Crippen molar-refractivity contribution >= 4 is 35.1 Å². The lowest BCUT2D eigenvalue weighted by molar-refractivity contribution is 0.0266. The molecule has 0 aliphatic heterocycles. The molecule has 0 aromatic heterocycles. The fraction of sp³-hybridized carbons (Fsp3) is 0.214. The summed E-state index contributed by atoms with van der Waals surface area (Å²) >= 11 is 11.8. The van der Waals surface area contributed by atoms with Crippen molar-refractivity contribution in [2.45, 2.75) is 27.7 Å². The van der Waals surface area contributed by atoms with Gasteiger partial charge in [0.15, 0.2) is 0 Å². The minimum Gasteiger partial charge on any atom is -0.458 e. The van der Waals surface area contributed by atoms with Crippen LogP contribution >= 0.6 is 23.2 Å². The van der Waals surface area contributed by atoms with E-state index in [0.717, 1.165) is 0 Å². The van der Waals surface area contributed by atoms with Crippen molar-refractivity contribution in [1.29, 1.82) is 0 Å². The van der Waals surface area contributed by atoms with Crippen LogP contribution in [0.3, 0.4) is 0 Å². The molecule has 0 bridgehead atoms. The van der Waals surface area contributed by atoms with Crippen molar-refractivity contribution in [1.82, 2.24) is 0 Å². The van der Waals surface area contributed by atoms with Crippen LogP contribution in [-0.4, -0.2) is 25.2 Å². The van der Waals surface area contributed by atoms with Crippen LogP contribution in [0.5, 0.6) is 0 Å². The van der Waals surface area contributed by atoms with Gasteiger partial charge in [-0.3, -0.25) is 0 Å². The Bertz CT molecular complexity index is 777. The second-order valence-electron chi connectivity index (χ2n) is 5.86. The minimum absolute atomic E-state index is 0.0692. The monoisotopic (exact) mass is 506 g/mol. The molecule has 0 N–H and O–H groups in total. The number of allylic oxidation sites excluding steroid dienone is 4. The minimum atomic E-state index is -0.570. The molecule has 34 heavy (non-hydrogen) atoms. The number of halogens is 2. The third kappa shape index (κ3) is 19.6. The highest BCUT2D eigenvalue weighted by molar-refractivity contribution is 6.34. The summed E-state index contributed by atoms with van der Waals surface area (Å²) in [6, 6.07) is 13.1. The van der Waals surface area contributed by atoms with Gasteiger partial charge in [-0.05, 0) is 52.0 Å². The molecule has 0 radical (unpaired) electrons. The van der Waals surface area contributed by atoms with E-state index in [4.69, 9.17) is 32.7 Å². The van der Waals surface area contributed by atoms with E-state index in [1.807, 2.05) is 27.7 Å². The number of hydrogen-bond donors (Lipinski definition) is 0. The zero-order valence-electron chi connectivity index (χ0n) is 20.6. The fourth-order valence-electron chi connectivity index (χ4n) is 1.68. The number of esters is 2. The SMILES string of the molecule is C=CC.C=CC.C=CC.C=CC.O=C(OCCOC(=O)c1ccccc1Cl)c1ccccc1Cl.